The fourth-order valence-corrected chi connectivity index (χ4v) is 4.84. The molecule has 3 saturated heterocycles. The summed E-state index contributed by atoms with van der Waals surface area (Å²) in [6.45, 7) is 9.84. The zero-order valence-corrected chi connectivity index (χ0v) is 17.0. The Morgan fingerprint density at radius 2 is 1.93 bits per heavy atom. The summed E-state index contributed by atoms with van der Waals surface area (Å²) in [5, 5.41) is 0. The van der Waals surface area contributed by atoms with Crippen molar-refractivity contribution in [2.75, 3.05) is 31.1 Å². The van der Waals surface area contributed by atoms with Crippen LogP contribution in [0.4, 0.5) is 5.69 Å². The average molecular weight is 380 g/mol. The van der Waals surface area contributed by atoms with Crippen LogP contribution in [0.25, 0.3) is 0 Å². The van der Waals surface area contributed by atoms with Gasteiger partial charge in [0.1, 0.15) is 11.4 Å². The van der Waals surface area contributed by atoms with E-state index in [2.05, 4.69) is 35.9 Å². The first kappa shape index (κ1) is 18.8. The molecule has 148 valence electrons. The summed E-state index contributed by atoms with van der Waals surface area (Å²) in [4.78, 5) is 21.9. The van der Waals surface area contributed by atoms with Crippen LogP contribution in [0.3, 0.4) is 0 Å². The van der Waals surface area contributed by atoms with Crippen molar-refractivity contribution in [1.29, 1.82) is 0 Å². The normalized spacial score (nSPS) is 23.4. The average Bonchev–Trinajstić information content (AvgIpc) is 2.96. The molecule has 4 heterocycles. The molecule has 1 unspecified atom stereocenters. The van der Waals surface area contributed by atoms with E-state index in [4.69, 9.17) is 4.74 Å². The van der Waals surface area contributed by atoms with E-state index in [9.17, 15) is 4.79 Å². The number of ether oxygens (including phenoxy) is 1. The monoisotopic (exact) mass is 379 g/mol. The molecule has 5 rings (SSSR count). The fourth-order valence-electron chi connectivity index (χ4n) is 4.84. The second kappa shape index (κ2) is 7.46. The number of hydrogen-bond donors (Lipinski definition) is 0. The summed E-state index contributed by atoms with van der Waals surface area (Å²) >= 11 is 0. The van der Waals surface area contributed by atoms with Gasteiger partial charge in [-0.3, -0.25) is 9.78 Å². The van der Waals surface area contributed by atoms with Crippen LogP contribution in [-0.2, 0) is 0 Å². The topological polar surface area (TPSA) is 45.7 Å². The first-order valence-corrected chi connectivity index (χ1v) is 10.2. The number of amides is 1. The van der Waals surface area contributed by atoms with E-state index in [-0.39, 0.29) is 17.4 Å². The number of pyridine rings is 1. The highest BCUT2D eigenvalue weighted by atomic mass is 16.5. The Morgan fingerprint density at radius 3 is 2.61 bits per heavy atom. The van der Waals surface area contributed by atoms with E-state index in [0.29, 0.717) is 18.2 Å². The Labute approximate surface area is 167 Å². The molecule has 0 radical (unpaired) electrons. The van der Waals surface area contributed by atoms with Crippen molar-refractivity contribution >= 4 is 11.6 Å². The van der Waals surface area contributed by atoms with Crippen molar-refractivity contribution in [2.45, 2.75) is 33.2 Å². The summed E-state index contributed by atoms with van der Waals surface area (Å²) < 4.78 is 5.59. The molecule has 3 aliphatic heterocycles. The Morgan fingerprint density at radius 1 is 1.14 bits per heavy atom. The summed E-state index contributed by atoms with van der Waals surface area (Å²) in [6.07, 6.45) is 2.83. The molecule has 1 aromatic carbocycles. The number of anilines is 1. The van der Waals surface area contributed by atoms with Gasteiger partial charge >= 0.3 is 0 Å². The standard InChI is InChI=1S/C23H29N3O2/c1-4-28-19-10-8-18(9-11-19)26-15-17-13-23(2,3)21(26)16-25(14-17)22(27)20-7-5-6-12-24-20/h5-12,17,21H,4,13-16H2,1-3H3/t17-,21?/m1/s1. The van der Waals surface area contributed by atoms with E-state index in [1.165, 1.54) is 5.69 Å². The van der Waals surface area contributed by atoms with E-state index in [1.54, 1.807) is 6.20 Å². The molecule has 0 saturated carbocycles. The Kier molecular flexibility index (Phi) is 5.00. The Bertz CT molecular complexity index is 820. The molecule has 3 fully saturated rings. The van der Waals surface area contributed by atoms with Gasteiger partial charge in [0.15, 0.2) is 0 Å². The third-order valence-electron chi connectivity index (χ3n) is 6.07. The maximum absolute atomic E-state index is 13.1. The SMILES string of the molecule is CCOc1ccc(N2C[C@H]3CN(C(=O)c4ccccn4)CC2C(C)(C)C3)cc1. The fraction of sp³-hybridized carbons (Fsp3) is 0.478. The van der Waals surface area contributed by atoms with Gasteiger partial charge in [-0.25, -0.2) is 0 Å². The van der Waals surface area contributed by atoms with Gasteiger partial charge in [-0.2, -0.15) is 0 Å². The lowest BCUT2D eigenvalue weighted by Gasteiger charge is -2.48. The van der Waals surface area contributed by atoms with Crippen LogP contribution in [-0.4, -0.2) is 48.1 Å². The van der Waals surface area contributed by atoms with Gasteiger partial charge in [0.05, 0.1) is 12.6 Å². The molecule has 1 aromatic heterocycles. The van der Waals surface area contributed by atoms with Gasteiger partial charge in [0, 0.05) is 31.5 Å². The molecule has 3 aliphatic rings. The molecule has 0 spiro atoms. The molecule has 2 atom stereocenters. The van der Waals surface area contributed by atoms with Gasteiger partial charge in [-0.1, -0.05) is 19.9 Å². The van der Waals surface area contributed by atoms with E-state index in [0.717, 1.165) is 31.8 Å². The predicted octanol–water partition coefficient (Wildman–Crippen LogP) is 3.86. The Balaban J connectivity index is 1.61. The van der Waals surface area contributed by atoms with E-state index < -0.39 is 0 Å². The van der Waals surface area contributed by atoms with E-state index >= 15 is 0 Å². The Hall–Kier alpha value is -2.56. The number of nitrogens with zero attached hydrogens (tertiary/aromatic N) is 3. The number of carbonyl (C=O) groups is 1. The van der Waals surface area contributed by atoms with Gasteiger partial charge in [0.25, 0.3) is 5.91 Å². The molecule has 5 nitrogen and oxygen atoms in total. The lowest BCUT2D eigenvalue weighted by molar-refractivity contribution is 0.0740. The number of rotatable bonds is 4. The largest absolute Gasteiger partial charge is 0.494 e. The quantitative estimate of drug-likeness (QED) is 0.809. The maximum Gasteiger partial charge on any atom is 0.272 e. The van der Waals surface area contributed by atoms with Crippen molar-refractivity contribution in [3.63, 3.8) is 0 Å². The zero-order valence-electron chi connectivity index (χ0n) is 17.0. The summed E-state index contributed by atoms with van der Waals surface area (Å²) in [7, 11) is 0. The van der Waals surface area contributed by atoms with Crippen LogP contribution >= 0.6 is 0 Å². The number of aromatic nitrogens is 1. The van der Waals surface area contributed by atoms with Gasteiger partial charge in [-0.15, -0.1) is 0 Å². The van der Waals surface area contributed by atoms with Crippen LogP contribution in [0.1, 0.15) is 37.7 Å². The van der Waals surface area contributed by atoms with Crippen molar-refractivity contribution in [3.05, 3.63) is 54.4 Å². The zero-order chi connectivity index (χ0) is 19.7. The molecule has 2 bridgehead atoms. The van der Waals surface area contributed by atoms with Crippen molar-refractivity contribution in [2.24, 2.45) is 11.3 Å². The van der Waals surface area contributed by atoms with Crippen molar-refractivity contribution in [3.8, 4) is 5.75 Å². The second-order valence-electron chi connectivity index (χ2n) is 8.58. The summed E-state index contributed by atoms with van der Waals surface area (Å²) in [5.74, 6) is 1.40. The number of fused-ring (bicyclic) bond motifs is 4. The molecular weight excluding hydrogens is 350 g/mol. The molecule has 2 aromatic rings. The maximum atomic E-state index is 13.1. The summed E-state index contributed by atoms with van der Waals surface area (Å²) in [6, 6.07) is 14.2. The number of hydrogen-bond acceptors (Lipinski definition) is 4. The van der Waals surface area contributed by atoms with Crippen molar-refractivity contribution < 1.29 is 9.53 Å². The minimum atomic E-state index is 0.0434. The molecular formula is C23H29N3O2. The van der Waals surface area contributed by atoms with Gasteiger partial charge in [0.2, 0.25) is 0 Å². The van der Waals surface area contributed by atoms with Crippen LogP contribution in [0, 0.1) is 11.3 Å². The molecule has 5 heteroatoms. The summed E-state index contributed by atoms with van der Waals surface area (Å²) in [5.41, 5.74) is 1.88. The lowest BCUT2D eigenvalue weighted by Crippen LogP contribution is -2.54. The minimum Gasteiger partial charge on any atom is -0.494 e. The van der Waals surface area contributed by atoms with Gasteiger partial charge < -0.3 is 14.5 Å². The van der Waals surface area contributed by atoms with Crippen LogP contribution < -0.4 is 9.64 Å². The highest BCUT2D eigenvalue weighted by molar-refractivity contribution is 5.92. The molecule has 28 heavy (non-hydrogen) atoms. The predicted molar refractivity (Wildman–Crippen MR) is 111 cm³/mol. The van der Waals surface area contributed by atoms with E-state index in [1.807, 2.05) is 42.2 Å². The third-order valence-corrected chi connectivity index (χ3v) is 6.07. The first-order valence-electron chi connectivity index (χ1n) is 10.2. The number of piperidine rings is 1. The third kappa shape index (κ3) is 3.58. The lowest BCUT2D eigenvalue weighted by atomic mass is 9.73. The van der Waals surface area contributed by atoms with Crippen molar-refractivity contribution in [1.82, 2.24) is 9.88 Å². The minimum absolute atomic E-state index is 0.0434. The smallest absolute Gasteiger partial charge is 0.272 e. The highest BCUT2D eigenvalue weighted by Gasteiger charge is 2.46. The number of carbonyl (C=O) groups excluding carboxylic acids is 1. The first-order chi connectivity index (χ1) is 13.5. The van der Waals surface area contributed by atoms with Crippen LogP contribution in [0.2, 0.25) is 0 Å². The van der Waals surface area contributed by atoms with Crippen LogP contribution in [0.15, 0.2) is 48.7 Å². The molecule has 1 amide bonds. The van der Waals surface area contributed by atoms with Crippen LogP contribution in [0.5, 0.6) is 5.75 Å². The molecule has 0 N–H and O–H groups in total. The number of benzene rings is 1. The van der Waals surface area contributed by atoms with Gasteiger partial charge in [-0.05, 0) is 61.1 Å². The molecule has 0 aliphatic carbocycles. The second-order valence-corrected chi connectivity index (χ2v) is 8.58. The highest BCUT2D eigenvalue weighted by Crippen LogP contribution is 2.43.